The lowest BCUT2D eigenvalue weighted by Gasteiger charge is -2.20. The Kier molecular flexibility index (Phi) is 5.71. The summed E-state index contributed by atoms with van der Waals surface area (Å²) in [5.74, 6) is -0.997. The van der Waals surface area contributed by atoms with Crippen LogP contribution in [0.5, 0.6) is 0 Å². The van der Waals surface area contributed by atoms with Crippen molar-refractivity contribution in [3.05, 3.63) is 78.4 Å². The van der Waals surface area contributed by atoms with E-state index in [2.05, 4.69) is 24.3 Å². The van der Waals surface area contributed by atoms with Gasteiger partial charge in [-0.2, -0.15) is 0 Å². The Hall–Kier alpha value is -2.99. The highest BCUT2D eigenvalue weighted by Crippen LogP contribution is 2.34. The van der Waals surface area contributed by atoms with Gasteiger partial charge in [0.25, 0.3) is 0 Å². The highest BCUT2D eigenvalue weighted by Gasteiger charge is 2.41. The lowest BCUT2D eigenvalue weighted by Crippen LogP contribution is -2.40. The zero-order chi connectivity index (χ0) is 20.2. The summed E-state index contributed by atoms with van der Waals surface area (Å²) in [5, 5.41) is 11.9. The summed E-state index contributed by atoms with van der Waals surface area (Å²) in [6.45, 7) is 0.479. The number of carbonyl (C=O) groups is 2. The minimum atomic E-state index is -0.997. The number of carboxylic acid groups (broad SMARTS) is 1. The fraction of sp³-hybridized carbons (Fsp3) is 0.217. The first-order valence-electron chi connectivity index (χ1n) is 9.46. The molecule has 1 fully saturated rings. The van der Waals surface area contributed by atoms with Crippen LogP contribution in [-0.4, -0.2) is 39.9 Å². The van der Waals surface area contributed by atoms with Gasteiger partial charge in [0.05, 0.1) is 0 Å². The molecule has 0 aromatic heterocycles. The van der Waals surface area contributed by atoms with Crippen molar-refractivity contribution in [2.24, 2.45) is 0 Å². The van der Waals surface area contributed by atoms with Crippen LogP contribution < -0.4 is 0 Å². The first-order chi connectivity index (χ1) is 14.1. The van der Waals surface area contributed by atoms with Gasteiger partial charge in [0.1, 0.15) is 12.6 Å². The molecule has 6 heteroatoms. The molecule has 29 heavy (non-hydrogen) atoms. The molecule has 4 rings (SSSR count). The van der Waals surface area contributed by atoms with E-state index in [1.165, 1.54) is 4.90 Å². The molecule has 0 radical (unpaired) electrons. The van der Waals surface area contributed by atoms with Crippen molar-refractivity contribution in [2.45, 2.75) is 29.2 Å². The summed E-state index contributed by atoms with van der Waals surface area (Å²) < 4.78 is 5.36. The van der Waals surface area contributed by atoms with E-state index in [1.54, 1.807) is 11.8 Å². The van der Waals surface area contributed by atoms with Crippen LogP contribution in [0.3, 0.4) is 0 Å². The number of fused-ring (bicyclic) bond motifs is 1. The number of benzene rings is 3. The highest BCUT2D eigenvalue weighted by molar-refractivity contribution is 8.00. The van der Waals surface area contributed by atoms with E-state index < -0.39 is 18.1 Å². The predicted octanol–water partition coefficient (Wildman–Crippen LogP) is 4.80. The summed E-state index contributed by atoms with van der Waals surface area (Å²) in [5.41, 5.74) is 0.869. The van der Waals surface area contributed by atoms with Gasteiger partial charge >= 0.3 is 12.1 Å². The summed E-state index contributed by atoms with van der Waals surface area (Å²) in [6.07, 6.45) is -0.185. The maximum absolute atomic E-state index is 12.5. The molecule has 1 amide bonds. The molecule has 1 saturated heterocycles. The Morgan fingerprint density at radius 1 is 1.00 bits per heavy atom. The highest BCUT2D eigenvalue weighted by atomic mass is 32.2. The number of thioether (sulfide) groups is 1. The minimum Gasteiger partial charge on any atom is -0.480 e. The van der Waals surface area contributed by atoms with E-state index in [9.17, 15) is 14.7 Å². The van der Waals surface area contributed by atoms with Gasteiger partial charge in [-0.3, -0.25) is 4.90 Å². The number of aliphatic carboxylic acids is 1. The minimum absolute atomic E-state index is 0.00142. The number of nitrogens with zero attached hydrogens (tertiary/aromatic N) is 1. The van der Waals surface area contributed by atoms with E-state index in [0.717, 1.165) is 21.2 Å². The number of hydrogen-bond donors (Lipinski definition) is 1. The van der Waals surface area contributed by atoms with E-state index in [0.29, 0.717) is 13.0 Å². The summed E-state index contributed by atoms with van der Waals surface area (Å²) >= 11 is 1.61. The number of amides is 1. The zero-order valence-electron chi connectivity index (χ0n) is 15.7. The van der Waals surface area contributed by atoms with E-state index in [-0.39, 0.29) is 11.9 Å². The molecule has 1 N–H and O–H groups in total. The van der Waals surface area contributed by atoms with Gasteiger partial charge in [0.2, 0.25) is 0 Å². The molecule has 1 heterocycles. The molecular formula is C23H21NO4S. The molecule has 0 spiro atoms. The van der Waals surface area contributed by atoms with Crippen molar-refractivity contribution >= 4 is 34.6 Å². The van der Waals surface area contributed by atoms with Crippen molar-refractivity contribution in [3.63, 3.8) is 0 Å². The van der Waals surface area contributed by atoms with Crippen LogP contribution in [0.1, 0.15) is 12.0 Å². The smallest absolute Gasteiger partial charge is 0.410 e. The number of rotatable bonds is 5. The lowest BCUT2D eigenvalue weighted by atomic mass is 10.1. The van der Waals surface area contributed by atoms with Gasteiger partial charge in [-0.15, -0.1) is 11.8 Å². The monoisotopic (exact) mass is 407 g/mol. The van der Waals surface area contributed by atoms with E-state index >= 15 is 0 Å². The molecule has 0 unspecified atom stereocenters. The van der Waals surface area contributed by atoms with Crippen LogP contribution in [0.15, 0.2) is 77.7 Å². The second-order valence-corrected chi connectivity index (χ2v) is 8.40. The van der Waals surface area contributed by atoms with Crippen molar-refractivity contribution in [2.75, 3.05) is 6.54 Å². The predicted molar refractivity (Wildman–Crippen MR) is 113 cm³/mol. The molecule has 1 aliphatic heterocycles. The molecule has 5 nitrogen and oxygen atoms in total. The van der Waals surface area contributed by atoms with Crippen molar-refractivity contribution < 1.29 is 19.4 Å². The van der Waals surface area contributed by atoms with E-state index in [4.69, 9.17) is 4.74 Å². The van der Waals surface area contributed by atoms with Gasteiger partial charge in [-0.1, -0.05) is 60.7 Å². The first kappa shape index (κ1) is 19.3. The third-order valence-corrected chi connectivity index (χ3v) is 6.21. The first-order valence-corrected chi connectivity index (χ1v) is 10.3. The topological polar surface area (TPSA) is 66.8 Å². The Bertz CT molecular complexity index is 1020. The van der Waals surface area contributed by atoms with E-state index in [1.807, 2.05) is 48.5 Å². The van der Waals surface area contributed by atoms with Gasteiger partial charge in [-0.05, 0) is 34.9 Å². The fourth-order valence-electron chi connectivity index (χ4n) is 3.55. The average Bonchev–Trinajstić information content (AvgIpc) is 3.17. The van der Waals surface area contributed by atoms with Crippen LogP contribution in [0.25, 0.3) is 10.8 Å². The maximum atomic E-state index is 12.5. The van der Waals surface area contributed by atoms with Gasteiger partial charge in [-0.25, -0.2) is 9.59 Å². The standard InChI is InChI=1S/C23H21NO4S/c25-22(26)21-13-20(29-19-11-10-17-8-4-5-9-18(17)12-19)14-24(21)23(27)28-15-16-6-2-1-3-7-16/h1-12,20-21H,13-15H2,(H,25,26)/t20-,21-/m0/s1. The average molecular weight is 407 g/mol. The largest absolute Gasteiger partial charge is 0.480 e. The van der Waals surface area contributed by atoms with Crippen LogP contribution in [-0.2, 0) is 16.1 Å². The molecule has 0 saturated carbocycles. The number of likely N-dealkylation sites (tertiary alicyclic amines) is 1. The third kappa shape index (κ3) is 4.54. The molecule has 148 valence electrons. The number of carbonyl (C=O) groups excluding carboxylic acids is 1. The Morgan fingerprint density at radius 3 is 2.48 bits per heavy atom. The van der Waals surface area contributed by atoms with Crippen LogP contribution >= 0.6 is 11.8 Å². The fourth-order valence-corrected chi connectivity index (χ4v) is 4.79. The quantitative estimate of drug-likeness (QED) is 0.658. The normalized spacial score (nSPS) is 18.7. The summed E-state index contributed by atoms with van der Waals surface area (Å²) in [4.78, 5) is 26.6. The van der Waals surface area contributed by atoms with Crippen molar-refractivity contribution in [1.29, 1.82) is 0 Å². The number of carboxylic acids is 1. The number of hydrogen-bond acceptors (Lipinski definition) is 4. The van der Waals surface area contributed by atoms with Gasteiger partial charge < -0.3 is 9.84 Å². The second kappa shape index (κ2) is 8.57. The zero-order valence-corrected chi connectivity index (χ0v) is 16.5. The Balaban J connectivity index is 1.43. The summed E-state index contributed by atoms with van der Waals surface area (Å²) in [7, 11) is 0. The molecular weight excluding hydrogens is 386 g/mol. The maximum Gasteiger partial charge on any atom is 0.410 e. The van der Waals surface area contributed by atoms with Crippen LogP contribution in [0.2, 0.25) is 0 Å². The molecule has 0 bridgehead atoms. The van der Waals surface area contributed by atoms with Crippen LogP contribution in [0, 0.1) is 0 Å². The molecule has 2 atom stereocenters. The van der Waals surface area contributed by atoms with Gasteiger partial charge in [0.15, 0.2) is 0 Å². The molecule has 0 aliphatic carbocycles. The third-order valence-electron chi connectivity index (χ3n) is 5.01. The Morgan fingerprint density at radius 2 is 1.72 bits per heavy atom. The van der Waals surface area contributed by atoms with Gasteiger partial charge in [0, 0.05) is 16.7 Å². The lowest BCUT2D eigenvalue weighted by molar-refractivity contribution is -0.141. The molecule has 3 aromatic carbocycles. The Labute approximate surface area is 173 Å². The number of ether oxygens (including phenoxy) is 1. The van der Waals surface area contributed by atoms with Crippen LogP contribution in [0.4, 0.5) is 4.79 Å². The SMILES string of the molecule is O=C(O)[C@@H]1C[C@H](Sc2ccc3ccccc3c2)CN1C(=O)OCc1ccccc1. The summed E-state index contributed by atoms with van der Waals surface area (Å²) in [6, 6.07) is 22.8. The van der Waals surface area contributed by atoms with Crippen molar-refractivity contribution in [1.82, 2.24) is 4.90 Å². The molecule has 1 aliphatic rings. The van der Waals surface area contributed by atoms with Crippen molar-refractivity contribution in [3.8, 4) is 0 Å². The molecule has 3 aromatic rings. The second-order valence-electron chi connectivity index (χ2n) is 7.03.